The van der Waals surface area contributed by atoms with E-state index in [9.17, 15) is 14.4 Å². The number of fused-ring (bicyclic) bond motifs is 1. The Kier molecular flexibility index (Phi) is 6.16. The highest BCUT2D eigenvalue weighted by Crippen LogP contribution is 2.33. The first-order valence-electron chi connectivity index (χ1n) is 12.4. The SMILES string of the molecule is Cc1cccc(C)c1N1CC(C(=O)N2CCC=C(c3ccc4cc(C(=O)N(C)C)[nH]c4c3)C2)CC1=O. The zero-order chi connectivity index (χ0) is 25.6. The van der Waals surface area contributed by atoms with Crippen molar-refractivity contribution in [3.05, 3.63) is 70.9 Å². The lowest BCUT2D eigenvalue weighted by molar-refractivity contribution is -0.135. The molecule has 1 fully saturated rings. The van der Waals surface area contributed by atoms with Crippen molar-refractivity contribution in [2.45, 2.75) is 26.7 Å². The second-order valence-corrected chi connectivity index (χ2v) is 10.1. The summed E-state index contributed by atoms with van der Waals surface area (Å²) in [5.41, 5.74) is 6.61. The molecule has 0 aliphatic carbocycles. The number of nitrogens with one attached hydrogen (secondary N) is 1. The molecule has 186 valence electrons. The van der Waals surface area contributed by atoms with Crippen molar-refractivity contribution in [3.63, 3.8) is 0 Å². The average molecular weight is 485 g/mol. The Bertz CT molecular complexity index is 1380. The predicted octanol–water partition coefficient (Wildman–Crippen LogP) is 4.16. The van der Waals surface area contributed by atoms with Crippen LogP contribution in [0.5, 0.6) is 0 Å². The Balaban J connectivity index is 1.32. The number of para-hydroxylation sites is 1. The first kappa shape index (κ1) is 23.9. The molecule has 0 saturated carbocycles. The first-order valence-corrected chi connectivity index (χ1v) is 12.4. The molecule has 36 heavy (non-hydrogen) atoms. The number of carbonyl (C=O) groups excluding carboxylic acids is 3. The summed E-state index contributed by atoms with van der Waals surface area (Å²) in [6, 6.07) is 14.0. The molecule has 0 spiro atoms. The number of anilines is 1. The number of amides is 3. The van der Waals surface area contributed by atoms with Crippen molar-refractivity contribution in [2.24, 2.45) is 5.92 Å². The van der Waals surface area contributed by atoms with Gasteiger partial charge >= 0.3 is 0 Å². The molecule has 0 radical (unpaired) electrons. The quantitative estimate of drug-likeness (QED) is 0.604. The molecule has 1 atom stereocenters. The molecule has 2 aliphatic rings. The molecule has 1 aromatic heterocycles. The lowest BCUT2D eigenvalue weighted by Crippen LogP contribution is -2.40. The molecule has 1 unspecified atom stereocenters. The predicted molar refractivity (Wildman–Crippen MR) is 142 cm³/mol. The van der Waals surface area contributed by atoms with Crippen LogP contribution in [0.1, 0.15) is 40.0 Å². The molecule has 1 saturated heterocycles. The maximum absolute atomic E-state index is 13.5. The van der Waals surface area contributed by atoms with Crippen molar-refractivity contribution in [1.29, 1.82) is 0 Å². The van der Waals surface area contributed by atoms with Crippen LogP contribution in [0, 0.1) is 19.8 Å². The fourth-order valence-electron chi connectivity index (χ4n) is 5.40. The summed E-state index contributed by atoms with van der Waals surface area (Å²) in [4.78, 5) is 47.2. The molecule has 2 aliphatic heterocycles. The fraction of sp³-hybridized carbons (Fsp3) is 0.345. The van der Waals surface area contributed by atoms with E-state index >= 15 is 0 Å². The van der Waals surface area contributed by atoms with E-state index in [0.717, 1.165) is 45.3 Å². The molecule has 0 bridgehead atoms. The van der Waals surface area contributed by atoms with Gasteiger partial charge in [0.2, 0.25) is 11.8 Å². The van der Waals surface area contributed by atoms with Crippen LogP contribution in [0.15, 0.2) is 48.5 Å². The Labute approximate surface area is 211 Å². The van der Waals surface area contributed by atoms with Gasteiger partial charge in [0.25, 0.3) is 5.91 Å². The highest BCUT2D eigenvalue weighted by atomic mass is 16.2. The number of benzene rings is 2. The normalized spacial score (nSPS) is 18.1. The van der Waals surface area contributed by atoms with Crippen LogP contribution < -0.4 is 4.90 Å². The molecule has 1 N–H and O–H groups in total. The Morgan fingerprint density at radius 3 is 2.53 bits per heavy atom. The number of carbonyl (C=O) groups is 3. The van der Waals surface area contributed by atoms with E-state index in [1.54, 1.807) is 23.9 Å². The van der Waals surface area contributed by atoms with Gasteiger partial charge in [0.1, 0.15) is 5.69 Å². The number of aryl methyl sites for hydroxylation is 2. The van der Waals surface area contributed by atoms with Gasteiger partial charge in [-0.25, -0.2) is 0 Å². The van der Waals surface area contributed by atoms with E-state index in [1.165, 1.54) is 0 Å². The van der Waals surface area contributed by atoms with Gasteiger partial charge in [-0.05, 0) is 54.7 Å². The molecule has 2 aromatic carbocycles. The van der Waals surface area contributed by atoms with E-state index in [1.807, 2.05) is 61.2 Å². The minimum Gasteiger partial charge on any atom is -0.351 e. The van der Waals surface area contributed by atoms with Crippen molar-refractivity contribution >= 4 is 39.9 Å². The number of hydrogen-bond donors (Lipinski definition) is 1. The van der Waals surface area contributed by atoms with Gasteiger partial charge in [0.15, 0.2) is 0 Å². The van der Waals surface area contributed by atoms with E-state index in [0.29, 0.717) is 25.3 Å². The molecule has 3 amide bonds. The summed E-state index contributed by atoms with van der Waals surface area (Å²) in [6.45, 7) is 5.61. The fourth-order valence-corrected chi connectivity index (χ4v) is 5.40. The maximum atomic E-state index is 13.5. The number of aromatic nitrogens is 1. The Morgan fingerprint density at radius 2 is 1.81 bits per heavy atom. The van der Waals surface area contributed by atoms with Crippen LogP contribution in [0.25, 0.3) is 16.5 Å². The van der Waals surface area contributed by atoms with Crippen LogP contribution in [-0.2, 0) is 9.59 Å². The lowest BCUT2D eigenvalue weighted by Gasteiger charge is -2.30. The highest BCUT2D eigenvalue weighted by molar-refractivity contribution is 6.02. The molecular weight excluding hydrogens is 452 g/mol. The van der Waals surface area contributed by atoms with Gasteiger partial charge < -0.3 is 19.7 Å². The minimum atomic E-state index is -0.332. The highest BCUT2D eigenvalue weighted by Gasteiger charge is 2.38. The Hall–Kier alpha value is -3.87. The summed E-state index contributed by atoms with van der Waals surface area (Å²) in [7, 11) is 3.47. The topological polar surface area (TPSA) is 76.7 Å². The van der Waals surface area contributed by atoms with Gasteiger partial charge in [-0.3, -0.25) is 14.4 Å². The van der Waals surface area contributed by atoms with Gasteiger partial charge in [-0.2, -0.15) is 0 Å². The van der Waals surface area contributed by atoms with Gasteiger partial charge in [-0.1, -0.05) is 36.4 Å². The van der Waals surface area contributed by atoms with Crippen molar-refractivity contribution in [2.75, 3.05) is 38.6 Å². The zero-order valence-electron chi connectivity index (χ0n) is 21.3. The van der Waals surface area contributed by atoms with E-state index < -0.39 is 0 Å². The third kappa shape index (κ3) is 4.30. The second-order valence-electron chi connectivity index (χ2n) is 10.1. The summed E-state index contributed by atoms with van der Waals surface area (Å²) in [5, 5.41) is 0.976. The van der Waals surface area contributed by atoms with E-state index in [2.05, 4.69) is 11.1 Å². The molecule has 7 nitrogen and oxygen atoms in total. The molecule has 5 rings (SSSR count). The third-order valence-electron chi connectivity index (χ3n) is 7.28. The molecule has 7 heteroatoms. The minimum absolute atomic E-state index is 0.0128. The average Bonchev–Trinajstić information content (AvgIpc) is 3.46. The summed E-state index contributed by atoms with van der Waals surface area (Å²) in [6.07, 6.45) is 3.21. The van der Waals surface area contributed by atoms with Gasteiger partial charge in [-0.15, -0.1) is 0 Å². The van der Waals surface area contributed by atoms with E-state index in [-0.39, 0.29) is 30.1 Å². The van der Waals surface area contributed by atoms with Crippen molar-refractivity contribution in [1.82, 2.24) is 14.8 Å². The van der Waals surface area contributed by atoms with Crippen LogP contribution in [0.4, 0.5) is 5.69 Å². The van der Waals surface area contributed by atoms with E-state index in [4.69, 9.17) is 0 Å². The van der Waals surface area contributed by atoms with Crippen LogP contribution in [0.3, 0.4) is 0 Å². The summed E-state index contributed by atoms with van der Waals surface area (Å²) >= 11 is 0. The maximum Gasteiger partial charge on any atom is 0.269 e. The zero-order valence-corrected chi connectivity index (χ0v) is 21.3. The van der Waals surface area contributed by atoms with Gasteiger partial charge in [0.05, 0.1) is 5.92 Å². The van der Waals surface area contributed by atoms with Crippen molar-refractivity contribution in [3.8, 4) is 0 Å². The standard InChI is InChI=1S/C29H32N4O3/c1-18-7-5-8-19(2)27(18)33-17-23(15-26(33)34)28(35)32-12-6-9-22(16-32)20-10-11-21-14-25(29(36)31(3)4)30-24(21)13-20/h5,7-11,13-14,23,30H,6,12,15-17H2,1-4H3. The summed E-state index contributed by atoms with van der Waals surface area (Å²) in [5.74, 6) is -0.343. The number of H-pyrrole nitrogens is 1. The number of hydrogen-bond acceptors (Lipinski definition) is 3. The molecule has 3 aromatic rings. The largest absolute Gasteiger partial charge is 0.351 e. The number of rotatable bonds is 4. The lowest BCUT2D eigenvalue weighted by atomic mass is 9.98. The van der Waals surface area contributed by atoms with Gasteiger partial charge in [0, 0.05) is 56.7 Å². The van der Waals surface area contributed by atoms with Crippen LogP contribution in [0.2, 0.25) is 0 Å². The third-order valence-corrected chi connectivity index (χ3v) is 7.28. The van der Waals surface area contributed by atoms with Crippen LogP contribution >= 0.6 is 0 Å². The smallest absolute Gasteiger partial charge is 0.269 e. The summed E-state index contributed by atoms with van der Waals surface area (Å²) < 4.78 is 0. The number of nitrogens with zero attached hydrogens (tertiary/aromatic N) is 3. The molecule has 3 heterocycles. The van der Waals surface area contributed by atoms with Crippen molar-refractivity contribution < 1.29 is 14.4 Å². The molecular formula is C29H32N4O3. The van der Waals surface area contributed by atoms with Crippen LogP contribution in [-0.4, -0.2) is 66.2 Å². The number of aromatic amines is 1. The Morgan fingerprint density at radius 1 is 1.06 bits per heavy atom. The first-order chi connectivity index (χ1) is 17.2. The second kappa shape index (κ2) is 9.30. The monoisotopic (exact) mass is 484 g/mol.